The fourth-order valence-corrected chi connectivity index (χ4v) is 3.37. The smallest absolute Gasteiger partial charge is 0.335 e. The van der Waals surface area contributed by atoms with E-state index >= 15 is 0 Å². The van der Waals surface area contributed by atoms with Gasteiger partial charge in [-0.15, -0.1) is 0 Å². The minimum absolute atomic E-state index is 0.240. The quantitative estimate of drug-likeness (QED) is 0.370. The molecule has 0 unspecified atom stereocenters. The number of fused-ring (bicyclic) bond motifs is 4. The number of nitrogens with one attached hydrogen (secondary N) is 2. The zero-order chi connectivity index (χ0) is 18.7. The number of hydrogen-bond donors (Lipinski definition) is 3. The average Bonchev–Trinajstić information content (AvgIpc) is 2.64. The van der Waals surface area contributed by atoms with Gasteiger partial charge in [-0.25, -0.2) is 14.8 Å². The molecule has 0 radical (unpaired) electrons. The van der Waals surface area contributed by atoms with Gasteiger partial charge in [0.2, 0.25) is 0 Å². The first-order valence-corrected chi connectivity index (χ1v) is 8.62. The van der Waals surface area contributed by atoms with Crippen LogP contribution in [-0.4, -0.2) is 21.0 Å². The van der Waals surface area contributed by atoms with Crippen LogP contribution in [0.15, 0.2) is 42.5 Å². The molecule has 0 saturated heterocycles. The van der Waals surface area contributed by atoms with Crippen LogP contribution < -0.4 is 10.6 Å². The number of aromatic carboxylic acids is 1. The Kier molecular flexibility index (Phi) is 3.12. The molecule has 2 heterocycles. The summed E-state index contributed by atoms with van der Waals surface area (Å²) in [6.45, 7) is 4.14. The van der Waals surface area contributed by atoms with Gasteiger partial charge in [0.15, 0.2) is 0 Å². The van der Waals surface area contributed by atoms with Crippen molar-refractivity contribution in [1.29, 1.82) is 0 Å². The molecule has 1 aliphatic heterocycles. The van der Waals surface area contributed by atoms with E-state index in [0.29, 0.717) is 0 Å². The zero-order valence-corrected chi connectivity index (χ0v) is 14.8. The third kappa shape index (κ3) is 2.45. The molecule has 1 aromatic heterocycles. The van der Waals surface area contributed by atoms with Crippen LogP contribution in [0.25, 0.3) is 22.1 Å². The minimum Gasteiger partial charge on any atom is -0.478 e. The number of aromatic nitrogens is 2. The van der Waals surface area contributed by atoms with E-state index in [-0.39, 0.29) is 5.56 Å². The Morgan fingerprint density at radius 2 is 1.22 bits per heavy atom. The normalized spacial score (nSPS) is 12.2. The van der Waals surface area contributed by atoms with Crippen molar-refractivity contribution in [2.45, 2.75) is 13.8 Å². The van der Waals surface area contributed by atoms with Crippen LogP contribution in [0.2, 0.25) is 0 Å². The Labute approximate surface area is 154 Å². The number of nitrogens with zero attached hydrogens (tertiary/aromatic N) is 2. The van der Waals surface area contributed by atoms with Gasteiger partial charge in [0, 0.05) is 0 Å². The number of benzene rings is 3. The van der Waals surface area contributed by atoms with Crippen molar-refractivity contribution in [3.8, 4) is 0 Å². The molecule has 0 saturated carbocycles. The second-order valence-electron chi connectivity index (χ2n) is 6.85. The average molecular weight is 356 g/mol. The predicted octanol–water partition coefficient (Wildman–Crippen LogP) is 4.90. The number of aryl methyl sites for hydroxylation is 2. The van der Waals surface area contributed by atoms with E-state index in [4.69, 9.17) is 9.97 Å². The standard InChI is InChI=1S/C21H16N4O2/c1-10-5-14-15(6-11(10)2)24-20-9-18-17(8-19(20)23-14)22-13-4-3-12(21(26)27)7-16(13)25-18/h3-9,22,25H,1-2H3,(H,26,27). The van der Waals surface area contributed by atoms with Crippen molar-refractivity contribution in [1.82, 2.24) is 9.97 Å². The zero-order valence-electron chi connectivity index (χ0n) is 14.8. The van der Waals surface area contributed by atoms with Crippen LogP contribution in [0, 0.1) is 13.8 Å². The molecule has 3 N–H and O–H groups in total. The van der Waals surface area contributed by atoms with Gasteiger partial charge < -0.3 is 15.7 Å². The van der Waals surface area contributed by atoms with E-state index in [1.165, 1.54) is 11.1 Å². The van der Waals surface area contributed by atoms with Crippen molar-refractivity contribution in [3.05, 3.63) is 59.2 Å². The lowest BCUT2D eigenvalue weighted by molar-refractivity contribution is 0.0697. The highest BCUT2D eigenvalue weighted by atomic mass is 16.4. The van der Waals surface area contributed by atoms with E-state index in [2.05, 4.69) is 36.6 Å². The fourth-order valence-electron chi connectivity index (χ4n) is 3.37. The maximum absolute atomic E-state index is 11.2. The maximum atomic E-state index is 11.2. The number of carboxylic acids is 1. The van der Waals surface area contributed by atoms with E-state index < -0.39 is 5.97 Å². The highest BCUT2D eigenvalue weighted by molar-refractivity contribution is 6.00. The molecular formula is C21H16N4O2. The summed E-state index contributed by atoms with van der Waals surface area (Å²) < 4.78 is 0. The van der Waals surface area contributed by atoms with Gasteiger partial charge in [-0.3, -0.25) is 0 Å². The van der Waals surface area contributed by atoms with Gasteiger partial charge in [0.1, 0.15) is 0 Å². The lowest BCUT2D eigenvalue weighted by atomic mass is 10.1. The molecular weight excluding hydrogens is 340 g/mol. The predicted molar refractivity (Wildman–Crippen MR) is 106 cm³/mol. The van der Waals surface area contributed by atoms with Gasteiger partial charge >= 0.3 is 5.97 Å². The van der Waals surface area contributed by atoms with Crippen LogP contribution in [0.3, 0.4) is 0 Å². The first-order valence-electron chi connectivity index (χ1n) is 8.62. The molecule has 1 aliphatic rings. The second kappa shape index (κ2) is 5.41. The summed E-state index contributed by atoms with van der Waals surface area (Å²) in [5.41, 5.74) is 9.23. The molecule has 5 rings (SSSR count). The molecule has 4 aromatic rings. The summed E-state index contributed by atoms with van der Waals surface area (Å²) in [6, 6.07) is 13.0. The van der Waals surface area contributed by atoms with E-state index in [0.717, 1.165) is 44.8 Å². The summed E-state index contributed by atoms with van der Waals surface area (Å²) >= 11 is 0. The van der Waals surface area contributed by atoms with E-state index in [9.17, 15) is 9.90 Å². The summed E-state index contributed by atoms with van der Waals surface area (Å²) in [5.74, 6) is -0.952. The summed E-state index contributed by atoms with van der Waals surface area (Å²) in [6.07, 6.45) is 0. The monoisotopic (exact) mass is 356 g/mol. The molecule has 6 nitrogen and oxygen atoms in total. The number of carbonyl (C=O) groups is 1. The van der Waals surface area contributed by atoms with Crippen molar-refractivity contribution in [2.24, 2.45) is 0 Å². The summed E-state index contributed by atoms with van der Waals surface area (Å²) in [5, 5.41) is 15.8. The Hall–Kier alpha value is -3.67. The van der Waals surface area contributed by atoms with Gasteiger partial charge in [0.25, 0.3) is 0 Å². The minimum atomic E-state index is -0.952. The fraction of sp³-hybridized carbons (Fsp3) is 0.0952. The van der Waals surface area contributed by atoms with E-state index in [1.54, 1.807) is 18.2 Å². The lowest BCUT2D eigenvalue weighted by Crippen LogP contribution is -2.08. The Morgan fingerprint density at radius 3 is 1.78 bits per heavy atom. The highest BCUT2D eigenvalue weighted by Gasteiger charge is 2.18. The van der Waals surface area contributed by atoms with Crippen molar-refractivity contribution >= 4 is 50.8 Å². The molecule has 132 valence electrons. The number of carboxylic acid groups (broad SMARTS) is 1. The topological polar surface area (TPSA) is 87.1 Å². The molecule has 0 fully saturated rings. The summed E-state index contributed by atoms with van der Waals surface area (Å²) in [4.78, 5) is 20.8. The molecule has 27 heavy (non-hydrogen) atoms. The third-order valence-electron chi connectivity index (χ3n) is 4.99. The summed E-state index contributed by atoms with van der Waals surface area (Å²) in [7, 11) is 0. The number of anilines is 4. The van der Waals surface area contributed by atoms with Gasteiger partial charge in [-0.2, -0.15) is 0 Å². The molecule has 0 atom stereocenters. The Balaban J connectivity index is 1.66. The highest BCUT2D eigenvalue weighted by Crippen LogP contribution is 2.40. The van der Waals surface area contributed by atoms with Crippen molar-refractivity contribution in [2.75, 3.05) is 10.6 Å². The van der Waals surface area contributed by atoms with Crippen LogP contribution in [0.1, 0.15) is 21.5 Å². The largest absolute Gasteiger partial charge is 0.478 e. The van der Waals surface area contributed by atoms with Crippen molar-refractivity contribution < 1.29 is 9.90 Å². The van der Waals surface area contributed by atoms with Crippen LogP contribution in [0.5, 0.6) is 0 Å². The molecule has 0 amide bonds. The third-order valence-corrected chi connectivity index (χ3v) is 4.99. The number of rotatable bonds is 1. The first-order chi connectivity index (χ1) is 13.0. The van der Waals surface area contributed by atoms with Crippen LogP contribution in [0.4, 0.5) is 22.7 Å². The van der Waals surface area contributed by atoms with Gasteiger partial charge in [-0.05, 0) is 67.4 Å². The molecule has 0 bridgehead atoms. The second-order valence-corrected chi connectivity index (χ2v) is 6.85. The molecule has 0 spiro atoms. The first kappa shape index (κ1) is 15.6. The van der Waals surface area contributed by atoms with Crippen LogP contribution >= 0.6 is 0 Å². The SMILES string of the molecule is Cc1cc2nc3cc4c(cc3nc2cc1C)Nc1cc(C(=O)O)ccc1N4. The Bertz CT molecular complexity index is 1280. The molecule has 3 aromatic carbocycles. The van der Waals surface area contributed by atoms with Gasteiger partial charge in [0.05, 0.1) is 50.4 Å². The number of hydrogen-bond acceptors (Lipinski definition) is 5. The van der Waals surface area contributed by atoms with Crippen molar-refractivity contribution in [3.63, 3.8) is 0 Å². The maximum Gasteiger partial charge on any atom is 0.335 e. The van der Waals surface area contributed by atoms with Gasteiger partial charge in [-0.1, -0.05) is 0 Å². The Morgan fingerprint density at radius 1 is 0.741 bits per heavy atom. The molecule has 0 aliphatic carbocycles. The van der Waals surface area contributed by atoms with Crippen LogP contribution in [-0.2, 0) is 0 Å². The lowest BCUT2D eigenvalue weighted by Gasteiger charge is -2.23. The molecule has 6 heteroatoms. The van der Waals surface area contributed by atoms with E-state index in [1.807, 2.05) is 12.1 Å².